The highest BCUT2D eigenvalue weighted by Crippen LogP contribution is 2.13. The third-order valence-electron chi connectivity index (χ3n) is 4.61. The van der Waals surface area contributed by atoms with Gasteiger partial charge in [-0.25, -0.2) is 0 Å². The van der Waals surface area contributed by atoms with Crippen LogP contribution in [0.2, 0.25) is 0 Å². The van der Waals surface area contributed by atoms with Crippen LogP contribution in [0.1, 0.15) is 85.0 Å². The molecule has 0 aromatic carbocycles. The molecule has 23 heavy (non-hydrogen) atoms. The molecule has 1 rings (SSSR count). The number of nitrogens with one attached hydrogen (secondary N) is 1. The minimum atomic E-state index is 0. The first-order chi connectivity index (χ1) is 10.6. The smallest absolute Gasteiger partial charge is 0.193 e. The average molecular weight is 390 g/mol. The van der Waals surface area contributed by atoms with E-state index >= 15 is 0 Å². The topological polar surface area (TPSA) is 30.3 Å². The lowest BCUT2D eigenvalue weighted by molar-refractivity contribution is 0.393. The van der Waals surface area contributed by atoms with Crippen molar-refractivity contribution in [2.24, 2.45) is 5.92 Å². The van der Waals surface area contributed by atoms with Crippen LogP contribution in [0.5, 0.6) is 0 Å². The van der Waals surface area contributed by atoms with Crippen molar-refractivity contribution in [1.82, 2.24) is 9.80 Å². The van der Waals surface area contributed by atoms with Crippen LogP contribution >= 0.6 is 17.0 Å². The number of hydrogen-bond acceptors (Lipinski definition) is 1. The molecule has 1 saturated heterocycles. The van der Waals surface area contributed by atoms with Crippen molar-refractivity contribution >= 4 is 22.9 Å². The fraction of sp³-hybridized carbons (Fsp3) is 0.947. The Labute approximate surface area is 155 Å². The molecular weight excluding hydrogens is 350 g/mol. The van der Waals surface area contributed by atoms with Gasteiger partial charge < -0.3 is 9.80 Å². The van der Waals surface area contributed by atoms with E-state index in [0.29, 0.717) is 5.92 Å². The van der Waals surface area contributed by atoms with E-state index in [1.54, 1.807) is 0 Å². The first-order valence-electron chi connectivity index (χ1n) is 9.73. The Balaban J connectivity index is 0.00000484. The molecule has 1 fully saturated rings. The first kappa shape index (κ1) is 22.8. The van der Waals surface area contributed by atoms with E-state index in [2.05, 4.69) is 30.6 Å². The van der Waals surface area contributed by atoms with Crippen molar-refractivity contribution in [3.8, 4) is 0 Å². The molecule has 0 spiro atoms. The van der Waals surface area contributed by atoms with Crippen molar-refractivity contribution in [1.29, 1.82) is 5.41 Å². The third-order valence-corrected chi connectivity index (χ3v) is 4.61. The molecular formula is C19H40BrN3. The molecule has 138 valence electrons. The van der Waals surface area contributed by atoms with Gasteiger partial charge in [-0.15, -0.1) is 17.0 Å². The molecule has 0 unspecified atom stereocenters. The lowest BCUT2D eigenvalue weighted by Crippen LogP contribution is -2.35. The second-order valence-electron chi connectivity index (χ2n) is 7.33. The summed E-state index contributed by atoms with van der Waals surface area (Å²) in [6.45, 7) is 11.0. The second-order valence-corrected chi connectivity index (χ2v) is 7.33. The highest BCUT2D eigenvalue weighted by atomic mass is 79.9. The van der Waals surface area contributed by atoms with Crippen molar-refractivity contribution in [3.05, 3.63) is 0 Å². The van der Waals surface area contributed by atoms with E-state index < -0.39 is 0 Å². The molecule has 0 aromatic heterocycles. The maximum absolute atomic E-state index is 8.24. The molecule has 4 heteroatoms. The summed E-state index contributed by atoms with van der Waals surface area (Å²) in [5, 5.41) is 8.24. The van der Waals surface area contributed by atoms with Gasteiger partial charge in [-0.1, -0.05) is 78.6 Å². The molecule has 1 N–H and O–H groups in total. The highest BCUT2D eigenvalue weighted by Gasteiger charge is 2.24. The van der Waals surface area contributed by atoms with Crippen molar-refractivity contribution < 1.29 is 0 Å². The maximum Gasteiger partial charge on any atom is 0.193 e. The molecule has 3 nitrogen and oxygen atoms in total. The zero-order valence-electron chi connectivity index (χ0n) is 15.8. The minimum absolute atomic E-state index is 0. The van der Waals surface area contributed by atoms with Crippen molar-refractivity contribution in [2.45, 2.75) is 85.0 Å². The molecule has 0 amide bonds. The molecule has 1 heterocycles. The summed E-state index contributed by atoms with van der Waals surface area (Å²) >= 11 is 0. The van der Waals surface area contributed by atoms with Crippen molar-refractivity contribution in [3.63, 3.8) is 0 Å². The van der Waals surface area contributed by atoms with Crippen LogP contribution in [0.25, 0.3) is 0 Å². The number of halogens is 1. The van der Waals surface area contributed by atoms with Crippen LogP contribution < -0.4 is 0 Å². The molecule has 1 aliphatic rings. The Hall–Kier alpha value is -0.250. The van der Waals surface area contributed by atoms with Gasteiger partial charge in [0, 0.05) is 26.2 Å². The average Bonchev–Trinajstić information content (AvgIpc) is 2.81. The van der Waals surface area contributed by atoms with Crippen LogP contribution in [0.15, 0.2) is 0 Å². The summed E-state index contributed by atoms with van der Waals surface area (Å²) < 4.78 is 0. The summed E-state index contributed by atoms with van der Waals surface area (Å²) in [6, 6.07) is 0. The van der Waals surface area contributed by atoms with Gasteiger partial charge in [0.1, 0.15) is 0 Å². The monoisotopic (exact) mass is 389 g/mol. The standard InChI is InChI=1S/C19H39N3.BrH/c1-4-5-6-7-8-9-10-11-12-13-14-21-15-16-22(19(21)20)17-18(2)3;/h18,20H,4-17H2,1-3H3;1H. The number of unbranched alkanes of at least 4 members (excludes halogenated alkanes) is 9. The van der Waals surface area contributed by atoms with Gasteiger partial charge in [0.2, 0.25) is 0 Å². The Morgan fingerprint density at radius 1 is 0.826 bits per heavy atom. The fourth-order valence-electron chi connectivity index (χ4n) is 3.28. The van der Waals surface area contributed by atoms with E-state index in [4.69, 9.17) is 5.41 Å². The predicted molar refractivity (Wildman–Crippen MR) is 108 cm³/mol. The van der Waals surface area contributed by atoms with Gasteiger partial charge in [-0.05, 0) is 12.3 Å². The molecule has 0 radical (unpaired) electrons. The summed E-state index contributed by atoms with van der Waals surface area (Å²) in [7, 11) is 0. The van der Waals surface area contributed by atoms with E-state index in [9.17, 15) is 0 Å². The summed E-state index contributed by atoms with van der Waals surface area (Å²) in [5.41, 5.74) is 0. The van der Waals surface area contributed by atoms with E-state index in [0.717, 1.165) is 32.1 Å². The highest BCUT2D eigenvalue weighted by molar-refractivity contribution is 8.93. The third kappa shape index (κ3) is 10.3. The molecule has 1 aliphatic heterocycles. The van der Waals surface area contributed by atoms with E-state index in [1.807, 2.05) is 0 Å². The van der Waals surface area contributed by atoms with Crippen LogP contribution in [0.3, 0.4) is 0 Å². The van der Waals surface area contributed by atoms with Gasteiger partial charge in [-0.3, -0.25) is 5.41 Å². The van der Waals surface area contributed by atoms with E-state index in [1.165, 1.54) is 64.2 Å². The summed E-state index contributed by atoms with van der Waals surface area (Å²) in [6.07, 6.45) is 13.9. The van der Waals surface area contributed by atoms with Gasteiger partial charge in [0.05, 0.1) is 0 Å². The summed E-state index contributed by atoms with van der Waals surface area (Å²) in [4.78, 5) is 4.51. The fourth-order valence-corrected chi connectivity index (χ4v) is 3.28. The van der Waals surface area contributed by atoms with Crippen LogP contribution in [-0.2, 0) is 0 Å². The van der Waals surface area contributed by atoms with Crippen LogP contribution in [-0.4, -0.2) is 41.9 Å². The van der Waals surface area contributed by atoms with Gasteiger partial charge in [0.15, 0.2) is 5.96 Å². The van der Waals surface area contributed by atoms with Gasteiger partial charge >= 0.3 is 0 Å². The lowest BCUT2D eigenvalue weighted by Gasteiger charge is -2.23. The molecule has 0 aliphatic carbocycles. The predicted octanol–water partition coefficient (Wildman–Crippen LogP) is 5.69. The number of nitrogens with zero attached hydrogens (tertiary/aromatic N) is 2. The largest absolute Gasteiger partial charge is 0.341 e. The van der Waals surface area contributed by atoms with Crippen LogP contribution in [0.4, 0.5) is 0 Å². The second kappa shape index (κ2) is 14.1. The minimum Gasteiger partial charge on any atom is -0.341 e. The van der Waals surface area contributed by atoms with Crippen LogP contribution in [0, 0.1) is 11.3 Å². The Kier molecular flexibility index (Phi) is 14.0. The summed E-state index contributed by atoms with van der Waals surface area (Å²) in [5.74, 6) is 1.42. The molecule has 0 aromatic rings. The lowest BCUT2D eigenvalue weighted by atomic mass is 10.1. The molecule has 0 saturated carbocycles. The Morgan fingerprint density at radius 3 is 1.83 bits per heavy atom. The zero-order chi connectivity index (χ0) is 16.2. The molecule has 0 bridgehead atoms. The van der Waals surface area contributed by atoms with Crippen molar-refractivity contribution in [2.75, 3.05) is 26.2 Å². The number of hydrogen-bond donors (Lipinski definition) is 1. The number of rotatable bonds is 13. The SMILES string of the molecule is Br.CCCCCCCCCCCCN1CCN(CC(C)C)C1=N. The Bertz CT molecular complexity index is 294. The molecule has 0 atom stereocenters. The van der Waals surface area contributed by atoms with Gasteiger partial charge in [0.25, 0.3) is 0 Å². The first-order valence-corrected chi connectivity index (χ1v) is 9.73. The quantitative estimate of drug-likeness (QED) is 0.409. The van der Waals surface area contributed by atoms with E-state index in [-0.39, 0.29) is 17.0 Å². The Morgan fingerprint density at radius 2 is 1.30 bits per heavy atom. The normalized spacial score (nSPS) is 14.7. The zero-order valence-corrected chi connectivity index (χ0v) is 17.5. The van der Waals surface area contributed by atoms with Gasteiger partial charge in [-0.2, -0.15) is 0 Å². The maximum atomic E-state index is 8.24. The number of guanidine groups is 1.